The molecule has 3 N–H and O–H groups in total. The van der Waals surface area contributed by atoms with Crippen LogP contribution in [0.25, 0.3) is 38.9 Å². The number of aromatic nitrogens is 1. The number of fused-ring (bicyclic) bond motifs is 2. The van der Waals surface area contributed by atoms with Crippen molar-refractivity contribution >= 4 is 33.5 Å². The molecular formula is C37H29F2N3O8. The van der Waals surface area contributed by atoms with Gasteiger partial charge in [-0.25, -0.2) is 13.6 Å². The predicted molar refractivity (Wildman–Crippen MR) is 182 cm³/mol. The fourth-order valence-electron chi connectivity index (χ4n) is 6.14. The molecule has 1 fully saturated rings. The molecule has 254 valence electrons. The lowest BCUT2D eigenvalue weighted by Crippen LogP contribution is -2.47. The highest BCUT2D eigenvalue weighted by molar-refractivity contribution is 5.94. The van der Waals surface area contributed by atoms with Crippen LogP contribution in [-0.4, -0.2) is 70.1 Å². The van der Waals surface area contributed by atoms with Crippen LogP contribution in [0.1, 0.15) is 10.4 Å². The highest BCUT2D eigenvalue weighted by Gasteiger charge is 2.23. The molecule has 0 radical (unpaired) electrons. The quantitative estimate of drug-likeness (QED) is 0.192. The number of hydrogen-bond acceptors (Lipinski definition) is 9. The summed E-state index contributed by atoms with van der Waals surface area (Å²) in [6, 6.07) is 18.2. The van der Waals surface area contributed by atoms with Crippen molar-refractivity contribution in [2.45, 2.75) is 0 Å². The first-order chi connectivity index (χ1) is 24.0. The molecule has 1 aliphatic rings. The van der Waals surface area contributed by atoms with Crippen molar-refractivity contribution in [3.05, 3.63) is 123 Å². The molecule has 11 nitrogen and oxygen atoms in total. The standard InChI is InChI=1S/C37H29F2N3O8/c38-22-3-5-23(6-4-22)42-20-27(37(47)48)36(46)26-17-28(39)30(18-29(26)42)41-11-9-40(10-12-41)13-14-49-25-15-31(44)35-32(45)19-33(50-34(35)16-25)21-1-7-24(43)8-2-21/h1-8,15-20,43-44H,9-14H2,(H,47,48). The number of hydrogen-bond donors (Lipinski definition) is 3. The van der Waals surface area contributed by atoms with Crippen LogP contribution in [-0.2, 0) is 0 Å². The molecule has 13 heteroatoms. The van der Waals surface area contributed by atoms with E-state index in [2.05, 4.69) is 4.90 Å². The average molecular weight is 682 g/mol. The zero-order valence-electron chi connectivity index (χ0n) is 26.3. The highest BCUT2D eigenvalue weighted by Crippen LogP contribution is 2.32. The summed E-state index contributed by atoms with van der Waals surface area (Å²) in [6.07, 6.45) is 1.16. The van der Waals surface area contributed by atoms with E-state index in [1.165, 1.54) is 65.2 Å². The van der Waals surface area contributed by atoms with Crippen LogP contribution in [0.15, 0.2) is 99.1 Å². The van der Waals surface area contributed by atoms with E-state index in [1.807, 2.05) is 4.90 Å². The van der Waals surface area contributed by atoms with Crippen molar-refractivity contribution in [2.24, 2.45) is 0 Å². The fraction of sp³-hybridized carbons (Fsp3) is 0.162. The minimum Gasteiger partial charge on any atom is -0.508 e. The second kappa shape index (κ2) is 13.0. The van der Waals surface area contributed by atoms with Crippen molar-refractivity contribution in [3.63, 3.8) is 0 Å². The number of nitrogens with zero attached hydrogens (tertiary/aromatic N) is 3. The number of phenolic OH excluding ortho intramolecular Hbond substituents is 2. The van der Waals surface area contributed by atoms with Gasteiger partial charge in [-0.05, 0) is 60.7 Å². The van der Waals surface area contributed by atoms with E-state index in [4.69, 9.17) is 9.15 Å². The molecular weight excluding hydrogens is 652 g/mol. The number of phenols is 2. The van der Waals surface area contributed by atoms with Crippen molar-refractivity contribution in [2.75, 3.05) is 44.2 Å². The van der Waals surface area contributed by atoms with E-state index < -0.39 is 34.0 Å². The lowest BCUT2D eigenvalue weighted by atomic mass is 10.1. The molecule has 0 saturated carbocycles. The summed E-state index contributed by atoms with van der Waals surface area (Å²) in [6.45, 7) is 2.74. The average Bonchev–Trinajstić information content (AvgIpc) is 3.09. The minimum absolute atomic E-state index is 0.0221. The number of benzene rings is 4. The lowest BCUT2D eigenvalue weighted by molar-refractivity contribution is 0.0695. The summed E-state index contributed by atoms with van der Waals surface area (Å²) in [5.74, 6) is -2.26. The second-order valence-corrected chi connectivity index (χ2v) is 11.9. The summed E-state index contributed by atoms with van der Waals surface area (Å²) < 4.78 is 42.4. The topological polar surface area (TPSA) is 146 Å². The zero-order valence-corrected chi connectivity index (χ0v) is 26.3. The molecule has 1 aliphatic heterocycles. The van der Waals surface area contributed by atoms with Crippen LogP contribution in [0.2, 0.25) is 0 Å². The third-order valence-electron chi connectivity index (χ3n) is 8.73. The summed E-state index contributed by atoms with van der Waals surface area (Å²) >= 11 is 0. The number of carbonyl (C=O) groups is 1. The Labute approximate surface area is 282 Å². The van der Waals surface area contributed by atoms with Gasteiger partial charge in [-0.1, -0.05) is 0 Å². The summed E-state index contributed by atoms with van der Waals surface area (Å²) in [7, 11) is 0. The van der Waals surface area contributed by atoms with Crippen LogP contribution in [0.5, 0.6) is 17.2 Å². The van der Waals surface area contributed by atoms with E-state index in [1.54, 1.807) is 12.1 Å². The van der Waals surface area contributed by atoms with Gasteiger partial charge in [-0.2, -0.15) is 0 Å². The number of halogens is 2. The van der Waals surface area contributed by atoms with Crippen LogP contribution in [0.3, 0.4) is 0 Å². The summed E-state index contributed by atoms with van der Waals surface area (Å²) in [5.41, 5.74) is -0.137. The third-order valence-corrected chi connectivity index (χ3v) is 8.73. The number of aromatic carboxylic acids is 1. The fourth-order valence-corrected chi connectivity index (χ4v) is 6.14. The van der Waals surface area contributed by atoms with E-state index >= 15 is 4.39 Å². The molecule has 0 spiro atoms. The number of aromatic hydroxyl groups is 2. The van der Waals surface area contributed by atoms with Crippen molar-refractivity contribution in [1.29, 1.82) is 0 Å². The molecule has 0 bridgehead atoms. The number of carboxylic acids is 1. The SMILES string of the molecule is O=C(O)c1cn(-c2ccc(F)cc2)c2cc(N3CCN(CCOc4cc(O)c5c(=O)cc(-c6ccc(O)cc6)oc5c4)CC3)c(F)cc2c1=O. The Morgan fingerprint density at radius 3 is 2.30 bits per heavy atom. The number of pyridine rings is 1. The number of anilines is 1. The minimum atomic E-state index is -1.46. The maximum atomic E-state index is 15.5. The van der Waals surface area contributed by atoms with Crippen molar-refractivity contribution in [3.8, 4) is 34.3 Å². The molecule has 0 unspecified atom stereocenters. The molecule has 7 rings (SSSR count). The first-order valence-electron chi connectivity index (χ1n) is 15.6. The van der Waals surface area contributed by atoms with Gasteiger partial charge in [-0.3, -0.25) is 14.5 Å². The summed E-state index contributed by atoms with van der Waals surface area (Å²) in [4.78, 5) is 41.5. The van der Waals surface area contributed by atoms with Crippen LogP contribution >= 0.6 is 0 Å². The lowest BCUT2D eigenvalue weighted by Gasteiger charge is -2.36. The van der Waals surface area contributed by atoms with Crippen molar-refractivity contribution < 1.29 is 38.0 Å². The monoisotopic (exact) mass is 681 g/mol. The number of rotatable bonds is 8. The van der Waals surface area contributed by atoms with Crippen LogP contribution in [0.4, 0.5) is 14.5 Å². The molecule has 0 aliphatic carbocycles. The molecule has 2 aromatic heterocycles. The van der Waals surface area contributed by atoms with Gasteiger partial charge < -0.3 is 33.9 Å². The Bertz CT molecular complexity index is 2380. The Kier molecular flexibility index (Phi) is 8.42. The second-order valence-electron chi connectivity index (χ2n) is 11.9. The molecule has 50 heavy (non-hydrogen) atoms. The van der Waals surface area contributed by atoms with E-state index in [9.17, 15) is 34.1 Å². The smallest absolute Gasteiger partial charge is 0.341 e. The maximum Gasteiger partial charge on any atom is 0.341 e. The van der Waals surface area contributed by atoms with Crippen LogP contribution < -0.4 is 20.5 Å². The van der Waals surface area contributed by atoms with Gasteiger partial charge >= 0.3 is 5.97 Å². The first-order valence-corrected chi connectivity index (χ1v) is 15.6. The van der Waals surface area contributed by atoms with Crippen molar-refractivity contribution in [1.82, 2.24) is 9.47 Å². The van der Waals surface area contributed by atoms with Gasteiger partial charge in [0.15, 0.2) is 5.43 Å². The number of piperazine rings is 1. The van der Waals surface area contributed by atoms with Crippen LogP contribution in [0, 0.1) is 11.6 Å². The van der Waals surface area contributed by atoms with Gasteiger partial charge in [-0.15, -0.1) is 0 Å². The van der Waals surface area contributed by atoms with E-state index in [-0.39, 0.29) is 51.4 Å². The molecule has 4 aromatic carbocycles. The summed E-state index contributed by atoms with van der Waals surface area (Å²) in [5, 5.41) is 29.7. The van der Waals surface area contributed by atoms with Gasteiger partial charge in [0.2, 0.25) is 5.43 Å². The van der Waals surface area contributed by atoms with Gasteiger partial charge in [0.25, 0.3) is 0 Å². The highest BCUT2D eigenvalue weighted by atomic mass is 19.1. The third kappa shape index (κ3) is 6.21. The number of carboxylic acid groups (broad SMARTS) is 1. The Morgan fingerprint density at radius 2 is 1.60 bits per heavy atom. The Morgan fingerprint density at radius 1 is 0.880 bits per heavy atom. The maximum absolute atomic E-state index is 15.5. The Hall–Kier alpha value is -6.21. The molecule has 0 amide bonds. The Balaban J connectivity index is 1.05. The van der Waals surface area contributed by atoms with E-state index in [0.717, 1.165) is 12.3 Å². The molecule has 0 atom stereocenters. The van der Waals surface area contributed by atoms with Gasteiger partial charge in [0.05, 0.1) is 11.2 Å². The predicted octanol–water partition coefficient (Wildman–Crippen LogP) is 5.35. The van der Waals surface area contributed by atoms with Gasteiger partial charge in [0.1, 0.15) is 57.8 Å². The molecule has 3 heterocycles. The number of ether oxygens (including phenoxy) is 1. The molecule has 1 saturated heterocycles. The normalized spacial score (nSPS) is 13.6. The zero-order chi connectivity index (χ0) is 35.1. The van der Waals surface area contributed by atoms with E-state index in [0.29, 0.717) is 49.7 Å². The largest absolute Gasteiger partial charge is 0.508 e. The molecule has 6 aromatic rings. The first kappa shape index (κ1) is 32.3. The van der Waals surface area contributed by atoms with Gasteiger partial charge in [0, 0.05) is 73.8 Å².